The first kappa shape index (κ1) is 15.5. The molecule has 0 aliphatic carbocycles. The Morgan fingerprint density at radius 2 is 1.90 bits per heavy atom. The number of aliphatic hydroxyl groups is 1. The highest BCUT2D eigenvalue weighted by molar-refractivity contribution is 6.34. The lowest BCUT2D eigenvalue weighted by Gasteiger charge is -2.11. The zero-order valence-electron chi connectivity index (χ0n) is 11.8. The quantitative estimate of drug-likeness (QED) is 0.890. The monoisotopic (exact) mass is 303 g/mol. The largest absolute Gasteiger partial charge is 0.396 e. The second-order valence-corrected chi connectivity index (χ2v) is 5.47. The van der Waals surface area contributed by atoms with E-state index in [9.17, 15) is 4.79 Å². The lowest BCUT2D eigenvalue weighted by molar-refractivity contribution is 0.0942. The number of amides is 1. The van der Waals surface area contributed by atoms with E-state index in [0.717, 1.165) is 11.1 Å². The van der Waals surface area contributed by atoms with Gasteiger partial charge in [0.25, 0.3) is 5.91 Å². The Morgan fingerprint density at radius 3 is 2.57 bits per heavy atom. The van der Waals surface area contributed by atoms with Crippen LogP contribution in [0.2, 0.25) is 5.02 Å². The molecule has 0 bridgehead atoms. The SMILES string of the molecule is CC(CO)CNC(=O)c1cc(-c2ccccc2)ccc1Cl. The number of aliphatic hydroxyl groups excluding tert-OH is 1. The molecule has 0 aliphatic heterocycles. The molecule has 110 valence electrons. The Hall–Kier alpha value is -1.84. The Balaban J connectivity index is 2.21. The smallest absolute Gasteiger partial charge is 0.252 e. The standard InChI is InChI=1S/C17H18ClNO2/c1-12(11-20)10-19-17(21)15-9-14(7-8-16(15)18)13-5-3-2-4-6-13/h2-9,12,20H,10-11H2,1H3,(H,19,21). The molecule has 1 amide bonds. The topological polar surface area (TPSA) is 49.3 Å². The van der Waals surface area contributed by atoms with Crippen LogP contribution in [0.4, 0.5) is 0 Å². The molecule has 0 aliphatic rings. The summed E-state index contributed by atoms with van der Waals surface area (Å²) in [5, 5.41) is 12.2. The summed E-state index contributed by atoms with van der Waals surface area (Å²) in [6, 6.07) is 15.2. The van der Waals surface area contributed by atoms with E-state index in [2.05, 4.69) is 5.32 Å². The van der Waals surface area contributed by atoms with Crippen molar-refractivity contribution < 1.29 is 9.90 Å². The summed E-state index contributed by atoms with van der Waals surface area (Å²) >= 11 is 6.12. The summed E-state index contributed by atoms with van der Waals surface area (Å²) in [7, 11) is 0. The highest BCUT2D eigenvalue weighted by Gasteiger charge is 2.12. The van der Waals surface area contributed by atoms with Crippen molar-refractivity contribution in [1.29, 1.82) is 0 Å². The van der Waals surface area contributed by atoms with Gasteiger partial charge >= 0.3 is 0 Å². The van der Waals surface area contributed by atoms with Crippen LogP contribution in [0.25, 0.3) is 11.1 Å². The predicted octanol–water partition coefficient (Wildman–Crippen LogP) is 3.37. The molecular formula is C17H18ClNO2. The van der Waals surface area contributed by atoms with Crippen LogP contribution in [-0.2, 0) is 0 Å². The molecule has 0 radical (unpaired) electrons. The van der Waals surface area contributed by atoms with Gasteiger partial charge in [-0.05, 0) is 29.2 Å². The summed E-state index contributed by atoms with van der Waals surface area (Å²) in [4.78, 5) is 12.2. The van der Waals surface area contributed by atoms with Crippen LogP contribution >= 0.6 is 11.6 Å². The van der Waals surface area contributed by atoms with Crippen molar-refractivity contribution in [2.45, 2.75) is 6.92 Å². The summed E-state index contributed by atoms with van der Waals surface area (Å²) in [5.74, 6) is -0.205. The molecule has 4 heteroatoms. The highest BCUT2D eigenvalue weighted by atomic mass is 35.5. The van der Waals surface area contributed by atoms with E-state index in [4.69, 9.17) is 16.7 Å². The number of benzene rings is 2. The second-order valence-electron chi connectivity index (χ2n) is 5.06. The first-order valence-corrected chi connectivity index (χ1v) is 7.23. The molecule has 3 nitrogen and oxygen atoms in total. The van der Waals surface area contributed by atoms with Gasteiger partial charge in [-0.25, -0.2) is 0 Å². The molecule has 1 atom stereocenters. The summed E-state index contributed by atoms with van der Waals surface area (Å²) in [6.07, 6.45) is 0. The van der Waals surface area contributed by atoms with Gasteiger partial charge in [-0.2, -0.15) is 0 Å². The van der Waals surface area contributed by atoms with Crippen molar-refractivity contribution in [3.8, 4) is 11.1 Å². The zero-order valence-corrected chi connectivity index (χ0v) is 12.6. The lowest BCUT2D eigenvalue weighted by atomic mass is 10.0. The number of carbonyl (C=O) groups is 1. The van der Waals surface area contributed by atoms with Crippen LogP contribution in [0.5, 0.6) is 0 Å². The summed E-state index contributed by atoms with van der Waals surface area (Å²) in [6.45, 7) is 2.32. The van der Waals surface area contributed by atoms with E-state index in [-0.39, 0.29) is 18.4 Å². The molecule has 0 fully saturated rings. The van der Waals surface area contributed by atoms with Gasteiger partial charge in [-0.3, -0.25) is 4.79 Å². The predicted molar refractivity (Wildman–Crippen MR) is 85.5 cm³/mol. The van der Waals surface area contributed by atoms with E-state index in [1.807, 2.05) is 43.3 Å². The number of halogens is 1. The van der Waals surface area contributed by atoms with Crippen LogP contribution in [0, 0.1) is 5.92 Å². The van der Waals surface area contributed by atoms with Crippen LogP contribution in [0.15, 0.2) is 48.5 Å². The van der Waals surface area contributed by atoms with Crippen molar-refractivity contribution in [1.82, 2.24) is 5.32 Å². The summed E-state index contributed by atoms with van der Waals surface area (Å²) in [5.41, 5.74) is 2.43. The van der Waals surface area contributed by atoms with E-state index in [1.54, 1.807) is 12.1 Å². The summed E-state index contributed by atoms with van der Waals surface area (Å²) < 4.78 is 0. The zero-order chi connectivity index (χ0) is 15.2. The molecule has 2 N–H and O–H groups in total. The highest BCUT2D eigenvalue weighted by Crippen LogP contribution is 2.25. The van der Waals surface area contributed by atoms with Gasteiger partial charge in [-0.15, -0.1) is 0 Å². The van der Waals surface area contributed by atoms with Crippen LogP contribution in [-0.4, -0.2) is 24.2 Å². The first-order valence-electron chi connectivity index (χ1n) is 6.86. The Bertz CT molecular complexity index is 613. The fraction of sp³-hybridized carbons (Fsp3) is 0.235. The minimum absolute atomic E-state index is 0.0185. The first-order chi connectivity index (χ1) is 10.1. The Labute approximate surface area is 129 Å². The maximum Gasteiger partial charge on any atom is 0.252 e. The number of hydrogen-bond acceptors (Lipinski definition) is 2. The fourth-order valence-electron chi connectivity index (χ4n) is 1.94. The van der Waals surface area contributed by atoms with Gasteiger partial charge in [0.15, 0.2) is 0 Å². The van der Waals surface area contributed by atoms with E-state index in [0.29, 0.717) is 17.1 Å². The molecule has 1 unspecified atom stereocenters. The minimum atomic E-state index is -0.224. The van der Waals surface area contributed by atoms with Gasteiger partial charge in [0.05, 0.1) is 10.6 Å². The Kier molecular flexibility index (Phi) is 5.37. The second kappa shape index (κ2) is 7.25. The third kappa shape index (κ3) is 4.06. The van der Waals surface area contributed by atoms with Gasteiger partial charge in [0, 0.05) is 13.2 Å². The lowest BCUT2D eigenvalue weighted by Crippen LogP contribution is -2.29. The normalized spacial score (nSPS) is 12.0. The van der Waals surface area contributed by atoms with Crippen LogP contribution < -0.4 is 5.32 Å². The third-order valence-electron chi connectivity index (χ3n) is 3.24. The third-order valence-corrected chi connectivity index (χ3v) is 3.57. The van der Waals surface area contributed by atoms with Crippen molar-refractivity contribution in [2.24, 2.45) is 5.92 Å². The van der Waals surface area contributed by atoms with Crippen molar-refractivity contribution in [3.05, 3.63) is 59.1 Å². The van der Waals surface area contributed by atoms with E-state index >= 15 is 0 Å². The molecule has 2 aromatic carbocycles. The number of hydrogen-bond donors (Lipinski definition) is 2. The molecule has 2 rings (SSSR count). The molecule has 0 saturated heterocycles. The van der Waals surface area contributed by atoms with E-state index in [1.165, 1.54) is 0 Å². The molecule has 0 aromatic heterocycles. The molecule has 21 heavy (non-hydrogen) atoms. The van der Waals surface area contributed by atoms with Crippen molar-refractivity contribution in [2.75, 3.05) is 13.2 Å². The van der Waals surface area contributed by atoms with Gasteiger partial charge in [0.1, 0.15) is 0 Å². The van der Waals surface area contributed by atoms with Crippen LogP contribution in [0.3, 0.4) is 0 Å². The van der Waals surface area contributed by atoms with Gasteiger partial charge in [-0.1, -0.05) is 54.9 Å². The van der Waals surface area contributed by atoms with Crippen molar-refractivity contribution >= 4 is 17.5 Å². The average Bonchev–Trinajstić information content (AvgIpc) is 2.53. The maximum absolute atomic E-state index is 12.2. The number of nitrogens with one attached hydrogen (secondary N) is 1. The Morgan fingerprint density at radius 1 is 1.19 bits per heavy atom. The minimum Gasteiger partial charge on any atom is -0.396 e. The number of rotatable bonds is 5. The van der Waals surface area contributed by atoms with Gasteiger partial charge < -0.3 is 10.4 Å². The molecule has 2 aromatic rings. The van der Waals surface area contributed by atoms with Crippen molar-refractivity contribution in [3.63, 3.8) is 0 Å². The maximum atomic E-state index is 12.2. The molecule has 0 heterocycles. The van der Waals surface area contributed by atoms with Crippen LogP contribution in [0.1, 0.15) is 17.3 Å². The number of carbonyl (C=O) groups excluding carboxylic acids is 1. The molecule has 0 spiro atoms. The van der Waals surface area contributed by atoms with E-state index < -0.39 is 0 Å². The fourth-order valence-corrected chi connectivity index (χ4v) is 2.14. The molecular weight excluding hydrogens is 286 g/mol. The van der Waals surface area contributed by atoms with Gasteiger partial charge in [0.2, 0.25) is 0 Å². The average molecular weight is 304 g/mol. The molecule has 0 saturated carbocycles.